The molecule has 0 bridgehead atoms. The third-order valence-corrected chi connectivity index (χ3v) is 2.08. The second-order valence-corrected chi connectivity index (χ2v) is 2.76. The van der Waals surface area contributed by atoms with Gasteiger partial charge in [-0.2, -0.15) is 0 Å². The number of rotatable bonds is 2. The van der Waals surface area contributed by atoms with Crippen LogP contribution in [0.2, 0.25) is 0 Å². The highest BCUT2D eigenvalue weighted by Gasteiger charge is 2.16. The fourth-order valence-corrected chi connectivity index (χ4v) is 1.26. The minimum atomic E-state index is 0.629. The molecule has 0 saturated carbocycles. The fourth-order valence-electron chi connectivity index (χ4n) is 1.26. The zero-order valence-corrected chi connectivity index (χ0v) is 6.05. The number of carbonyl (C=O) groups excluding carboxylic acids is 1. The minimum Gasteiger partial charge on any atom is -0.334 e. The molecule has 1 fully saturated rings. The lowest BCUT2D eigenvalue weighted by molar-refractivity contribution is 0.261. The first-order chi connectivity index (χ1) is 4.86. The van der Waals surface area contributed by atoms with Gasteiger partial charge >= 0.3 is 6.41 Å². The van der Waals surface area contributed by atoms with Crippen LogP contribution in [-0.2, 0) is 4.79 Å². The Balaban J connectivity index is 2.23. The van der Waals surface area contributed by atoms with E-state index in [-0.39, 0.29) is 0 Å². The van der Waals surface area contributed by atoms with E-state index in [1.54, 1.807) is 4.90 Å². The molecule has 0 aliphatic carbocycles. The van der Waals surface area contributed by atoms with Crippen molar-refractivity contribution >= 4 is 6.41 Å². The number of hydrogen-bond donors (Lipinski definition) is 1. The van der Waals surface area contributed by atoms with Crippen molar-refractivity contribution in [3.05, 3.63) is 0 Å². The highest BCUT2D eigenvalue weighted by molar-refractivity contribution is 5.48. The number of nitrogens with two attached hydrogens (primary N) is 1. The summed E-state index contributed by atoms with van der Waals surface area (Å²) < 4.78 is 0. The van der Waals surface area contributed by atoms with Gasteiger partial charge in [-0.3, -0.25) is 4.79 Å². The maximum absolute atomic E-state index is 10.1. The molecule has 1 radical (unpaired) electrons. The summed E-state index contributed by atoms with van der Waals surface area (Å²) in [4.78, 5) is 11.8. The average Bonchev–Trinajstić information content (AvgIpc) is 2.05. The van der Waals surface area contributed by atoms with Crippen LogP contribution in [0.5, 0.6) is 0 Å². The molecule has 3 nitrogen and oxygen atoms in total. The first-order valence-electron chi connectivity index (χ1n) is 3.69. The van der Waals surface area contributed by atoms with Gasteiger partial charge in [-0.15, -0.1) is 0 Å². The molecule has 3 heteroatoms. The van der Waals surface area contributed by atoms with Crippen molar-refractivity contribution in [2.24, 2.45) is 11.7 Å². The van der Waals surface area contributed by atoms with E-state index in [0.29, 0.717) is 5.92 Å². The van der Waals surface area contributed by atoms with E-state index in [0.717, 1.165) is 32.5 Å². The van der Waals surface area contributed by atoms with Crippen LogP contribution in [0, 0.1) is 5.92 Å². The van der Waals surface area contributed by atoms with Crippen LogP contribution in [0.15, 0.2) is 0 Å². The molecule has 0 spiro atoms. The zero-order chi connectivity index (χ0) is 7.40. The second kappa shape index (κ2) is 3.56. The molecule has 1 heterocycles. The van der Waals surface area contributed by atoms with Gasteiger partial charge in [-0.1, -0.05) is 0 Å². The Kier molecular flexibility index (Phi) is 2.68. The summed E-state index contributed by atoms with van der Waals surface area (Å²) >= 11 is 0. The van der Waals surface area contributed by atoms with Crippen LogP contribution in [0.25, 0.3) is 0 Å². The largest absolute Gasteiger partial charge is 0.334 e. The van der Waals surface area contributed by atoms with Crippen molar-refractivity contribution in [1.82, 2.24) is 4.90 Å². The minimum absolute atomic E-state index is 0.629. The van der Waals surface area contributed by atoms with Gasteiger partial charge in [0.05, 0.1) is 0 Å². The van der Waals surface area contributed by atoms with Crippen LogP contribution in [-0.4, -0.2) is 30.9 Å². The lowest BCUT2D eigenvalue weighted by Gasteiger charge is -2.27. The van der Waals surface area contributed by atoms with E-state index < -0.39 is 0 Å². The molecule has 1 amide bonds. The van der Waals surface area contributed by atoms with Crippen molar-refractivity contribution in [3.63, 3.8) is 0 Å². The van der Waals surface area contributed by atoms with E-state index >= 15 is 0 Å². The molecule has 1 aliphatic heterocycles. The Hall–Kier alpha value is -0.570. The molecule has 0 aromatic rings. The first-order valence-corrected chi connectivity index (χ1v) is 3.69. The van der Waals surface area contributed by atoms with Crippen molar-refractivity contribution in [2.75, 3.05) is 19.6 Å². The molecule has 0 aromatic heterocycles. The van der Waals surface area contributed by atoms with Crippen LogP contribution in [0.4, 0.5) is 0 Å². The fraction of sp³-hybridized carbons (Fsp3) is 0.857. The normalized spacial score (nSPS) is 21.1. The Morgan fingerprint density at radius 2 is 2.10 bits per heavy atom. The third-order valence-electron chi connectivity index (χ3n) is 2.08. The summed E-state index contributed by atoms with van der Waals surface area (Å²) in [6.45, 7) is 2.43. The van der Waals surface area contributed by atoms with Crippen LogP contribution in [0.1, 0.15) is 12.8 Å². The molecule has 0 aromatic carbocycles. The summed E-state index contributed by atoms with van der Waals surface area (Å²) in [7, 11) is 0. The molecule has 1 saturated heterocycles. The molecular weight excluding hydrogens is 128 g/mol. The lowest BCUT2D eigenvalue weighted by Crippen LogP contribution is -2.34. The van der Waals surface area contributed by atoms with E-state index in [9.17, 15) is 4.79 Å². The summed E-state index contributed by atoms with van der Waals surface area (Å²) in [6.07, 6.45) is 3.99. The van der Waals surface area contributed by atoms with E-state index in [4.69, 9.17) is 5.73 Å². The van der Waals surface area contributed by atoms with Gasteiger partial charge in [0.1, 0.15) is 0 Å². The van der Waals surface area contributed by atoms with Gasteiger partial charge in [0.25, 0.3) is 0 Å². The van der Waals surface area contributed by atoms with Gasteiger partial charge < -0.3 is 10.6 Å². The highest BCUT2D eigenvalue weighted by atomic mass is 16.1. The first kappa shape index (κ1) is 7.54. The summed E-state index contributed by atoms with van der Waals surface area (Å²) in [6, 6.07) is 0. The maximum atomic E-state index is 10.1. The molecule has 2 N–H and O–H groups in total. The number of nitrogens with zero attached hydrogens (tertiary/aromatic N) is 1. The molecule has 0 atom stereocenters. The standard InChI is InChI=1S/C7H13N2O/c8-5-7-1-3-9(6-10)4-2-7/h7H,1-5,8H2. The Labute approximate surface area is 61.2 Å². The second-order valence-electron chi connectivity index (χ2n) is 2.76. The number of likely N-dealkylation sites (tertiary alicyclic amines) is 1. The number of amides is 1. The molecule has 10 heavy (non-hydrogen) atoms. The van der Waals surface area contributed by atoms with Crippen molar-refractivity contribution < 1.29 is 4.79 Å². The van der Waals surface area contributed by atoms with Crippen molar-refractivity contribution in [2.45, 2.75) is 12.8 Å². The van der Waals surface area contributed by atoms with Gasteiger partial charge in [0.2, 0.25) is 0 Å². The van der Waals surface area contributed by atoms with Gasteiger partial charge in [0, 0.05) is 13.1 Å². The maximum Gasteiger partial charge on any atom is 0.312 e. The molecule has 57 valence electrons. The summed E-state index contributed by atoms with van der Waals surface area (Å²) in [5.74, 6) is 0.629. The molecular formula is C7H13N2O. The smallest absolute Gasteiger partial charge is 0.312 e. The molecule has 1 rings (SSSR count). The topological polar surface area (TPSA) is 46.3 Å². The Morgan fingerprint density at radius 1 is 1.50 bits per heavy atom. The monoisotopic (exact) mass is 141 g/mol. The van der Waals surface area contributed by atoms with Gasteiger partial charge in [-0.25, -0.2) is 0 Å². The molecule has 1 aliphatic rings. The van der Waals surface area contributed by atoms with Crippen LogP contribution in [0.3, 0.4) is 0 Å². The van der Waals surface area contributed by atoms with Gasteiger partial charge in [0.15, 0.2) is 0 Å². The van der Waals surface area contributed by atoms with E-state index in [1.807, 2.05) is 6.41 Å². The summed E-state index contributed by atoms with van der Waals surface area (Å²) in [5.41, 5.74) is 5.47. The van der Waals surface area contributed by atoms with Crippen LogP contribution >= 0.6 is 0 Å². The van der Waals surface area contributed by atoms with Crippen molar-refractivity contribution in [3.8, 4) is 0 Å². The Bertz CT molecular complexity index is 108. The molecule has 0 unspecified atom stereocenters. The van der Waals surface area contributed by atoms with E-state index in [1.165, 1.54) is 0 Å². The lowest BCUT2D eigenvalue weighted by atomic mass is 9.98. The quantitative estimate of drug-likeness (QED) is 0.575. The van der Waals surface area contributed by atoms with E-state index in [2.05, 4.69) is 0 Å². The number of piperidine rings is 1. The Morgan fingerprint density at radius 3 is 2.50 bits per heavy atom. The van der Waals surface area contributed by atoms with Crippen LogP contribution < -0.4 is 5.73 Å². The summed E-state index contributed by atoms with van der Waals surface area (Å²) in [5, 5.41) is 0. The third kappa shape index (κ3) is 1.70. The highest BCUT2D eigenvalue weighted by Crippen LogP contribution is 2.13. The average molecular weight is 141 g/mol. The predicted octanol–water partition coefficient (Wildman–Crippen LogP) is -0.276. The SMILES string of the molecule is NCC1CCN([C]=O)CC1. The number of hydrogen-bond acceptors (Lipinski definition) is 2. The zero-order valence-electron chi connectivity index (χ0n) is 6.05. The predicted molar refractivity (Wildman–Crippen MR) is 39.0 cm³/mol. The van der Waals surface area contributed by atoms with Gasteiger partial charge in [-0.05, 0) is 25.3 Å². The van der Waals surface area contributed by atoms with Crippen molar-refractivity contribution in [1.29, 1.82) is 0 Å².